The number of nitrogens with one attached hydrogen (secondary N) is 1. The summed E-state index contributed by atoms with van der Waals surface area (Å²) in [7, 11) is 0. The SMILES string of the molecule is CCC(=O)Nc1ccc(CCN(CC(O)COc2ccccc2)C(=O)OC(C)(C)C)cc1. The molecule has 0 spiro atoms. The highest BCUT2D eigenvalue weighted by molar-refractivity contribution is 5.90. The molecule has 1 unspecified atom stereocenters. The third-order valence-corrected chi connectivity index (χ3v) is 4.50. The summed E-state index contributed by atoms with van der Waals surface area (Å²) in [5, 5.41) is 13.3. The van der Waals surface area contributed by atoms with Gasteiger partial charge in [-0.05, 0) is 57.0 Å². The van der Waals surface area contributed by atoms with E-state index < -0.39 is 17.8 Å². The van der Waals surface area contributed by atoms with Gasteiger partial charge in [0.15, 0.2) is 0 Å². The van der Waals surface area contributed by atoms with Crippen LogP contribution >= 0.6 is 0 Å². The van der Waals surface area contributed by atoms with Crippen LogP contribution in [0.5, 0.6) is 5.75 Å². The number of carbonyl (C=O) groups excluding carboxylic acids is 2. The lowest BCUT2D eigenvalue weighted by Crippen LogP contribution is -2.43. The van der Waals surface area contributed by atoms with Crippen molar-refractivity contribution in [3.8, 4) is 5.75 Å². The molecule has 2 aromatic carbocycles. The molecule has 174 valence electrons. The zero-order valence-electron chi connectivity index (χ0n) is 19.3. The van der Waals surface area contributed by atoms with Crippen molar-refractivity contribution in [2.24, 2.45) is 0 Å². The fraction of sp³-hybridized carbons (Fsp3) is 0.440. The molecule has 2 rings (SSSR count). The van der Waals surface area contributed by atoms with Gasteiger partial charge in [0.2, 0.25) is 5.91 Å². The molecule has 7 heteroatoms. The van der Waals surface area contributed by atoms with Crippen molar-refractivity contribution in [2.75, 3.05) is 25.0 Å². The second-order valence-electron chi connectivity index (χ2n) is 8.55. The highest BCUT2D eigenvalue weighted by Crippen LogP contribution is 2.14. The molecule has 0 aliphatic rings. The molecule has 0 saturated carbocycles. The number of ether oxygens (including phenoxy) is 2. The molecule has 0 fully saturated rings. The first-order valence-corrected chi connectivity index (χ1v) is 10.9. The van der Waals surface area contributed by atoms with Gasteiger partial charge in [0.1, 0.15) is 24.1 Å². The monoisotopic (exact) mass is 442 g/mol. The number of anilines is 1. The first-order chi connectivity index (χ1) is 15.2. The number of hydrogen-bond acceptors (Lipinski definition) is 5. The van der Waals surface area contributed by atoms with Crippen LogP contribution in [-0.2, 0) is 16.0 Å². The van der Waals surface area contributed by atoms with Crippen molar-refractivity contribution in [1.29, 1.82) is 0 Å². The number of aliphatic hydroxyl groups is 1. The van der Waals surface area contributed by atoms with E-state index in [9.17, 15) is 14.7 Å². The molecule has 7 nitrogen and oxygen atoms in total. The standard InChI is InChI=1S/C25H34N2O5/c1-5-23(29)26-20-13-11-19(12-14-20)15-16-27(24(30)32-25(2,3)4)17-21(28)18-31-22-9-7-6-8-10-22/h6-14,21,28H,5,15-18H2,1-4H3,(H,26,29). The Hall–Kier alpha value is -3.06. The van der Waals surface area contributed by atoms with Gasteiger partial charge in [0, 0.05) is 18.7 Å². The Bertz CT molecular complexity index is 847. The lowest BCUT2D eigenvalue weighted by Gasteiger charge is -2.29. The Balaban J connectivity index is 1.96. The minimum Gasteiger partial charge on any atom is -0.491 e. The van der Waals surface area contributed by atoms with Crippen molar-refractivity contribution in [3.63, 3.8) is 0 Å². The number of hydrogen-bond donors (Lipinski definition) is 2. The smallest absolute Gasteiger partial charge is 0.410 e. The third kappa shape index (κ3) is 9.39. The predicted molar refractivity (Wildman–Crippen MR) is 125 cm³/mol. The molecule has 0 saturated heterocycles. The van der Waals surface area contributed by atoms with Crippen LogP contribution in [0, 0.1) is 0 Å². The van der Waals surface area contributed by atoms with Crippen molar-refractivity contribution < 1.29 is 24.2 Å². The van der Waals surface area contributed by atoms with Crippen LogP contribution in [0.4, 0.5) is 10.5 Å². The molecule has 2 aromatic rings. The third-order valence-electron chi connectivity index (χ3n) is 4.50. The minimum absolute atomic E-state index is 0.0411. The summed E-state index contributed by atoms with van der Waals surface area (Å²) in [4.78, 5) is 25.7. The fourth-order valence-corrected chi connectivity index (χ4v) is 2.87. The molecule has 1 atom stereocenters. The van der Waals surface area contributed by atoms with Crippen LogP contribution in [-0.4, -0.2) is 53.4 Å². The molecule has 2 amide bonds. The number of nitrogens with zero attached hydrogens (tertiary/aromatic N) is 1. The zero-order valence-corrected chi connectivity index (χ0v) is 19.3. The van der Waals surface area contributed by atoms with E-state index in [1.54, 1.807) is 27.7 Å². The van der Waals surface area contributed by atoms with Crippen LogP contribution in [0.25, 0.3) is 0 Å². The highest BCUT2D eigenvalue weighted by atomic mass is 16.6. The molecular formula is C25H34N2O5. The molecule has 0 heterocycles. The van der Waals surface area contributed by atoms with Crippen LogP contribution in [0.15, 0.2) is 54.6 Å². The van der Waals surface area contributed by atoms with Gasteiger partial charge >= 0.3 is 6.09 Å². The van der Waals surface area contributed by atoms with E-state index >= 15 is 0 Å². The first-order valence-electron chi connectivity index (χ1n) is 10.9. The summed E-state index contributed by atoms with van der Waals surface area (Å²) in [6, 6.07) is 16.7. The highest BCUT2D eigenvalue weighted by Gasteiger charge is 2.24. The van der Waals surface area contributed by atoms with E-state index in [-0.39, 0.29) is 19.1 Å². The average molecular weight is 443 g/mol. The van der Waals surface area contributed by atoms with E-state index in [4.69, 9.17) is 9.47 Å². The van der Waals surface area contributed by atoms with Gasteiger partial charge in [-0.25, -0.2) is 4.79 Å². The van der Waals surface area contributed by atoms with Crippen LogP contribution < -0.4 is 10.1 Å². The molecule has 0 radical (unpaired) electrons. The predicted octanol–water partition coefficient (Wildman–Crippen LogP) is 4.25. The summed E-state index contributed by atoms with van der Waals surface area (Å²) >= 11 is 0. The zero-order chi connectivity index (χ0) is 23.6. The van der Waals surface area contributed by atoms with E-state index in [1.807, 2.05) is 54.6 Å². The fourth-order valence-electron chi connectivity index (χ4n) is 2.87. The Labute approximate surface area is 190 Å². The van der Waals surface area contributed by atoms with Crippen LogP contribution in [0.1, 0.15) is 39.7 Å². The maximum atomic E-state index is 12.7. The first kappa shape index (κ1) is 25.2. The second kappa shape index (κ2) is 12.1. The summed E-state index contributed by atoms with van der Waals surface area (Å²) < 4.78 is 11.1. The average Bonchev–Trinajstić information content (AvgIpc) is 2.75. The van der Waals surface area contributed by atoms with E-state index in [0.717, 1.165) is 11.3 Å². The quantitative estimate of drug-likeness (QED) is 0.574. The number of amides is 2. The second-order valence-corrected chi connectivity index (χ2v) is 8.55. The van der Waals surface area contributed by atoms with Crippen molar-refractivity contribution in [1.82, 2.24) is 4.90 Å². The van der Waals surface area contributed by atoms with Crippen molar-refractivity contribution in [3.05, 3.63) is 60.2 Å². The van der Waals surface area contributed by atoms with Crippen molar-refractivity contribution in [2.45, 2.75) is 52.2 Å². The number of carbonyl (C=O) groups is 2. The Morgan fingerprint density at radius 3 is 2.31 bits per heavy atom. The molecule has 0 aliphatic carbocycles. The summed E-state index contributed by atoms with van der Waals surface area (Å²) in [6.45, 7) is 7.75. The molecule has 32 heavy (non-hydrogen) atoms. The Morgan fingerprint density at radius 1 is 1.06 bits per heavy atom. The number of aliphatic hydroxyl groups excluding tert-OH is 1. The summed E-state index contributed by atoms with van der Waals surface area (Å²) in [5.74, 6) is 0.617. The minimum atomic E-state index is -0.866. The van der Waals surface area contributed by atoms with Gasteiger partial charge in [-0.1, -0.05) is 37.3 Å². The van der Waals surface area contributed by atoms with E-state index in [0.29, 0.717) is 25.1 Å². The largest absolute Gasteiger partial charge is 0.491 e. The lowest BCUT2D eigenvalue weighted by molar-refractivity contribution is -0.115. The lowest BCUT2D eigenvalue weighted by atomic mass is 10.1. The molecular weight excluding hydrogens is 408 g/mol. The van der Waals surface area contributed by atoms with Crippen LogP contribution in [0.2, 0.25) is 0 Å². The Morgan fingerprint density at radius 2 is 1.72 bits per heavy atom. The van der Waals surface area contributed by atoms with E-state index in [1.165, 1.54) is 4.90 Å². The van der Waals surface area contributed by atoms with Gasteiger partial charge in [-0.15, -0.1) is 0 Å². The van der Waals surface area contributed by atoms with Gasteiger partial charge in [0.05, 0.1) is 6.54 Å². The maximum absolute atomic E-state index is 12.7. The maximum Gasteiger partial charge on any atom is 0.410 e. The van der Waals surface area contributed by atoms with Crippen LogP contribution in [0.3, 0.4) is 0 Å². The number of rotatable bonds is 10. The van der Waals surface area contributed by atoms with Gasteiger partial charge in [-0.2, -0.15) is 0 Å². The van der Waals surface area contributed by atoms with Gasteiger partial charge in [-0.3, -0.25) is 4.79 Å². The topological polar surface area (TPSA) is 88.1 Å². The number of para-hydroxylation sites is 1. The summed E-state index contributed by atoms with van der Waals surface area (Å²) in [6.07, 6.45) is -0.353. The molecule has 0 aromatic heterocycles. The van der Waals surface area contributed by atoms with Gasteiger partial charge < -0.3 is 24.8 Å². The van der Waals surface area contributed by atoms with Gasteiger partial charge in [0.25, 0.3) is 0 Å². The number of benzene rings is 2. The van der Waals surface area contributed by atoms with E-state index in [2.05, 4.69) is 5.32 Å². The normalized spacial score (nSPS) is 12.0. The molecule has 0 aliphatic heterocycles. The van der Waals surface area contributed by atoms with Crippen molar-refractivity contribution >= 4 is 17.7 Å². The molecule has 0 bridgehead atoms. The molecule has 2 N–H and O–H groups in total. The summed E-state index contributed by atoms with van der Waals surface area (Å²) in [5.41, 5.74) is 1.10. The Kier molecular flexibility index (Phi) is 9.53.